The van der Waals surface area contributed by atoms with Crippen molar-refractivity contribution in [2.24, 2.45) is 7.05 Å². The van der Waals surface area contributed by atoms with E-state index in [2.05, 4.69) is 10.3 Å². The van der Waals surface area contributed by atoms with Gasteiger partial charge in [-0.25, -0.2) is 9.37 Å². The van der Waals surface area contributed by atoms with Crippen molar-refractivity contribution in [3.8, 4) is 11.8 Å². The minimum atomic E-state index is -0.831. The molecule has 0 bridgehead atoms. The topological polar surface area (TPSA) is 79.9 Å². The highest BCUT2D eigenvalue weighted by atomic mass is 19.1. The zero-order chi connectivity index (χ0) is 20.1. The summed E-state index contributed by atoms with van der Waals surface area (Å²) in [7, 11) is 1.78. The Balaban J connectivity index is 1.80. The first kappa shape index (κ1) is 19.1. The fourth-order valence-corrected chi connectivity index (χ4v) is 2.77. The fraction of sp³-hybridized carbons (Fsp3) is 0.190. The van der Waals surface area contributed by atoms with E-state index in [-0.39, 0.29) is 0 Å². The molecule has 0 aliphatic heterocycles. The average Bonchev–Trinajstić information content (AvgIpc) is 3.13. The zero-order valence-electron chi connectivity index (χ0n) is 15.5. The number of imidazole rings is 1. The molecule has 7 heteroatoms. The summed E-state index contributed by atoms with van der Waals surface area (Å²) >= 11 is 0. The maximum Gasteiger partial charge on any atom is 0.261 e. The van der Waals surface area contributed by atoms with Gasteiger partial charge in [-0.05, 0) is 37.3 Å². The number of carbonyl (C=O) groups is 1. The Morgan fingerprint density at radius 2 is 1.96 bits per heavy atom. The van der Waals surface area contributed by atoms with E-state index in [0.717, 1.165) is 0 Å². The number of aromatic nitrogens is 2. The van der Waals surface area contributed by atoms with Gasteiger partial charge < -0.3 is 14.6 Å². The second kappa shape index (κ2) is 8.35. The molecule has 142 valence electrons. The number of nitriles is 1. The number of hydrogen-bond acceptors (Lipinski definition) is 4. The smallest absolute Gasteiger partial charge is 0.261 e. The Kier molecular flexibility index (Phi) is 5.70. The van der Waals surface area contributed by atoms with E-state index in [1.54, 1.807) is 73.4 Å². The fourth-order valence-electron chi connectivity index (χ4n) is 2.77. The number of ether oxygens (including phenoxy) is 1. The summed E-state index contributed by atoms with van der Waals surface area (Å²) < 4.78 is 21.8. The molecule has 1 aromatic heterocycles. The van der Waals surface area contributed by atoms with Crippen LogP contribution in [0.3, 0.4) is 0 Å². The lowest BCUT2D eigenvalue weighted by molar-refractivity contribution is -0.127. The summed E-state index contributed by atoms with van der Waals surface area (Å²) in [5.74, 6) is 0.113. The molecule has 2 aromatic carbocycles. The van der Waals surface area contributed by atoms with Gasteiger partial charge in [-0.15, -0.1) is 0 Å². The zero-order valence-corrected chi connectivity index (χ0v) is 15.5. The molecular weight excluding hydrogens is 359 g/mol. The van der Waals surface area contributed by atoms with Gasteiger partial charge >= 0.3 is 0 Å². The SMILES string of the molecule is C[C@@H](Oc1ccc(C#N)cc1)C(=O)N[C@@H](c1ccccc1F)c1nccn1C. The molecule has 0 saturated heterocycles. The average molecular weight is 378 g/mol. The van der Waals surface area contributed by atoms with E-state index >= 15 is 0 Å². The van der Waals surface area contributed by atoms with E-state index in [1.807, 2.05) is 6.07 Å². The summed E-state index contributed by atoms with van der Waals surface area (Å²) in [5, 5.41) is 11.7. The number of halogens is 1. The Morgan fingerprint density at radius 1 is 1.25 bits per heavy atom. The molecule has 2 atom stereocenters. The van der Waals surface area contributed by atoms with Gasteiger partial charge in [-0.2, -0.15) is 5.26 Å². The third-order valence-electron chi connectivity index (χ3n) is 4.28. The molecule has 1 heterocycles. The van der Waals surface area contributed by atoms with Crippen molar-refractivity contribution in [2.75, 3.05) is 0 Å². The van der Waals surface area contributed by atoms with E-state index in [1.165, 1.54) is 6.07 Å². The van der Waals surface area contributed by atoms with Crippen LogP contribution in [0.1, 0.15) is 29.9 Å². The van der Waals surface area contributed by atoms with Gasteiger partial charge in [0, 0.05) is 25.0 Å². The summed E-state index contributed by atoms with van der Waals surface area (Å²) in [4.78, 5) is 17.0. The highest BCUT2D eigenvalue weighted by Gasteiger charge is 2.26. The lowest BCUT2D eigenvalue weighted by Crippen LogP contribution is -2.40. The molecule has 0 aliphatic carbocycles. The van der Waals surface area contributed by atoms with Crippen molar-refractivity contribution < 1.29 is 13.9 Å². The minimum Gasteiger partial charge on any atom is -0.481 e. The lowest BCUT2D eigenvalue weighted by Gasteiger charge is -2.22. The van der Waals surface area contributed by atoms with Crippen LogP contribution in [0.5, 0.6) is 5.75 Å². The summed E-state index contributed by atoms with van der Waals surface area (Å²) in [6, 6.07) is 14.0. The number of hydrogen-bond donors (Lipinski definition) is 1. The maximum absolute atomic E-state index is 14.4. The second-order valence-electron chi connectivity index (χ2n) is 6.26. The van der Waals surface area contributed by atoms with Gasteiger partial charge in [0.2, 0.25) is 0 Å². The third-order valence-corrected chi connectivity index (χ3v) is 4.28. The van der Waals surface area contributed by atoms with Crippen LogP contribution in [0.15, 0.2) is 60.9 Å². The monoisotopic (exact) mass is 378 g/mol. The highest BCUT2D eigenvalue weighted by Crippen LogP contribution is 2.23. The Hall–Kier alpha value is -3.66. The maximum atomic E-state index is 14.4. The Labute approximate surface area is 162 Å². The number of aryl methyl sites for hydroxylation is 1. The first-order valence-corrected chi connectivity index (χ1v) is 8.68. The van der Waals surface area contributed by atoms with Crippen LogP contribution < -0.4 is 10.1 Å². The van der Waals surface area contributed by atoms with Crippen molar-refractivity contribution in [1.29, 1.82) is 5.26 Å². The van der Waals surface area contributed by atoms with Crippen LogP contribution in [0.2, 0.25) is 0 Å². The summed E-state index contributed by atoms with van der Waals surface area (Å²) in [6.45, 7) is 1.60. The molecule has 0 aliphatic rings. The minimum absolute atomic E-state index is 0.315. The van der Waals surface area contributed by atoms with E-state index in [0.29, 0.717) is 22.7 Å². The highest BCUT2D eigenvalue weighted by molar-refractivity contribution is 5.81. The quantitative estimate of drug-likeness (QED) is 0.715. The molecule has 3 aromatic rings. The van der Waals surface area contributed by atoms with Crippen LogP contribution in [0.25, 0.3) is 0 Å². The first-order chi connectivity index (χ1) is 13.5. The van der Waals surface area contributed by atoms with Crippen molar-refractivity contribution >= 4 is 5.91 Å². The number of carbonyl (C=O) groups excluding carboxylic acids is 1. The van der Waals surface area contributed by atoms with Gasteiger partial charge in [0.15, 0.2) is 6.10 Å². The van der Waals surface area contributed by atoms with Crippen LogP contribution in [0.4, 0.5) is 4.39 Å². The van der Waals surface area contributed by atoms with Crippen molar-refractivity contribution in [1.82, 2.24) is 14.9 Å². The molecule has 6 nitrogen and oxygen atoms in total. The van der Waals surface area contributed by atoms with E-state index < -0.39 is 23.9 Å². The number of rotatable bonds is 6. The van der Waals surface area contributed by atoms with Gasteiger partial charge in [-0.3, -0.25) is 4.79 Å². The molecule has 1 N–H and O–H groups in total. The summed E-state index contributed by atoms with van der Waals surface area (Å²) in [6.07, 6.45) is 2.49. The molecule has 1 amide bonds. The van der Waals surface area contributed by atoms with E-state index in [4.69, 9.17) is 10.00 Å². The molecule has 0 unspecified atom stereocenters. The van der Waals surface area contributed by atoms with Crippen LogP contribution in [-0.2, 0) is 11.8 Å². The van der Waals surface area contributed by atoms with E-state index in [9.17, 15) is 9.18 Å². The molecule has 0 saturated carbocycles. The van der Waals surface area contributed by atoms with Gasteiger partial charge in [-0.1, -0.05) is 18.2 Å². The second-order valence-corrected chi connectivity index (χ2v) is 6.26. The Morgan fingerprint density at radius 3 is 2.57 bits per heavy atom. The van der Waals surface area contributed by atoms with Crippen LogP contribution >= 0.6 is 0 Å². The molecule has 3 rings (SSSR count). The number of nitrogens with zero attached hydrogens (tertiary/aromatic N) is 3. The van der Waals surface area contributed by atoms with Crippen LogP contribution in [-0.4, -0.2) is 21.6 Å². The predicted molar refractivity (Wildman–Crippen MR) is 101 cm³/mol. The third kappa shape index (κ3) is 4.18. The number of benzene rings is 2. The van der Waals surface area contributed by atoms with Gasteiger partial charge in [0.1, 0.15) is 23.4 Å². The number of nitrogens with one attached hydrogen (secondary N) is 1. The Bertz CT molecular complexity index is 1010. The van der Waals surface area contributed by atoms with Crippen molar-refractivity contribution in [3.05, 3.63) is 83.7 Å². The molecule has 0 fully saturated rings. The van der Waals surface area contributed by atoms with Gasteiger partial charge in [0.25, 0.3) is 5.91 Å². The van der Waals surface area contributed by atoms with Crippen molar-refractivity contribution in [2.45, 2.75) is 19.1 Å². The largest absolute Gasteiger partial charge is 0.481 e. The first-order valence-electron chi connectivity index (χ1n) is 8.68. The molecule has 28 heavy (non-hydrogen) atoms. The summed E-state index contributed by atoms with van der Waals surface area (Å²) in [5.41, 5.74) is 0.814. The predicted octanol–water partition coefficient (Wildman–Crippen LogP) is 3.10. The standard InChI is InChI=1S/C21H19FN4O2/c1-14(28-16-9-7-15(13-23)8-10-16)21(27)25-19(20-24-11-12-26(20)2)17-5-3-4-6-18(17)22/h3-12,14,19H,1-2H3,(H,25,27)/t14-,19+/m1/s1. The lowest BCUT2D eigenvalue weighted by atomic mass is 10.0. The molecule has 0 radical (unpaired) electrons. The number of amides is 1. The van der Waals surface area contributed by atoms with Gasteiger partial charge in [0.05, 0.1) is 11.6 Å². The van der Waals surface area contributed by atoms with Crippen molar-refractivity contribution in [3.63, 3.8) is 0 Å². The molecule has 0 spiro atoms. The normalized spacial score (nSPS) is 12.6. The van der Waals surface area contributed by atoms with Crippen LogP contribution in [0, 0.1) is 17.1 Å². The molecular formula is C21H19FN4O2.